The Morgan fingerprint density at radius 3 is 2.19 bits per heavy atom. The molecule has 26 heavy (non-hydrogen) atoms. The molecule has 1 aromatic heterocycles. The van der Waals surface area contributed by atoms with Crippen LogP contribution in [0.2, 0.25) is 19.6 Å². The van der Waals surface area contributed by atoms with E-state index in [9.17, 15) is 0 Å². The minimum Gasteiger partial charge on any atom is -0.457 e. The molecular weight excluding hydrogens is 334 g/mol. The van der Waals surface area contributed by atoms with Gasteiger partial charge in [0.05, 0.1) is 13.8 Å². The van der Waals surface area contributed by atoms with Crippen LogP contribution in [0.1, 0.15) is 25.3 Å². The van der Waals surface area contributed by atoms with E-state index in [0.717, 1.165) is 22.8 Å². The average Bonchev–Trinajstić information content (AvgIpc) is 2.61. The fraction of sp³-hybridized carbons (Fsp3) is 0.261. The van der Waals surface area contributed by atoms with Crippen molar-refractivity contribution in [3.8, 4) is 22.8 Å². The van der Waals surface area contributed by atoms with Gasteiger partial charge in [0, 0.05) is 11.8 Å². The summed E-state index contributed by atoms with van der Waals surface area (Å²) in [6.07, 6.45) is 2.10. The van der Waals surface area contributed by atoms with Gasteiger partial charge in [-0.15, -0.1) is 0 Å². The van der Waals surface area contributed by atoms with Crippen LogP contribution in [0, 0.1) is 0 Å². The molecule has 2 nitrogen and oxygen atoms in total. The second-order valence-corrected chi connectivity index (χ2v) is 13.0. The fourth-order valence-electron chi connectivity index (χ4n) is 3.08. The summed E-state index contributed by atoms with van der Waals surface area (Å²) in [7, 11) is -1.41. The summed E-state index contributed by atoms with van der Waals surface area (Å²) in [5.74, 6) is 2.16. The minimum absolute atomic E-state index is 0.488. The van der Waals surface area contributed by atoms with E-state index in [4.69, 9.17) is 9.72 Å². The van der Waals surface area contributed by atoms with Gasteiger partial charge in [-0.1, -0.05) is 63.8 Å². The molecule has 0 saturated heterocycles. The second kappa shape index (κ2) is 7.46. The summed E-state index contributed by atoms with van der Waals surface area (Å²) >= 11 is 0. The topological polar surface area (TPSA) is 22.1 Å². The van der Waals surface area contributed by atoms with Gasteiger partial charge >= 0.3 is 0 Å². The highest BCUT2D eigenvalue weighted by Crippen LogP contribution is 2.28. The van der Waals surface area contributed by atoms with E-state index in [-0.39, 0.29) is 0 Å². The van der Waals surface area contributed by atoms with Crippen molar-refractivity contribution in [1.29, 1.82) is 0 Å². The van der Waals surface area contributed by atoms with E-state index >= 15 is 0 Å². The zero-order valence-corrected chi connectivity index (χ0v) is 17.3. The number of ether oxygens (including phenoxy) is 1. The predicted octanol–water partition coefficient (Wildman–Crippen LogP) is 6.21. The molecule has 0 spiro atoms. The van der Waals surface area contributed by atoms with Crippen LogP contribution in [-0.2, 0) is 0 Å². The summed E-state index contributed by atoms with van der Waals surface area (Å²) < 4.78 is 5.98. The number of benzene rings is 2. The molecule has 0 atom stereocenters. The van der Waals surface area contributed by atoms with Crippen LogP contribution in [-0.4, -0.2) is 13.1 Å². The van der Waals surface area contributed by atoms with Crippen molar-refractivity contribution < 1.29 is 4.74 Å². The molecule has 0 N–H and O–H groups in total. The molecule has 0 amide bonds. The van der Waals surface area contributed by atoms with Crippen LogP contribution in [0.15, 0.2) is 66.9 Å². The van der Waals surface area contributed by atoms with Crippen molar-refractivity contribution in [1.82, 2.24) is 4.98 Å². The zero-order valence-electron chi connectivity index (χ0n) is 16.3. The lowest BCUT2D eigenvalue weighted by atomic mass is 10.0. The molecule has 2 aromatic carbocycles. The first kappa shape index (κ1) is 18.4. The maximum absolute atomic E-state index is 5.98. The van der Waals surface area contributed by atoms with Gasteiger partial charge in [-0.25, -0.2) is 0 Å². The average molecular weight is 362 g/mol. The third kappa shape index (κ3) is 4.22. The number of hydrogen-bond acceptors (Lipinski definition) is 2. The lowest BCUT2D eigenvalue weighted by Crippen LogP contribution is -2.40. The maximum Gasteiger partial charge on any atom is 0.128 e. The Balaban J connectivity index is 1.96. The summed E-state index contributed by atoms with van der Waals surface area (Å²) in [5, 5.41) is 1.45. The molecule has 0 aliphatic carbocycles. The third-order valence-corrected chi connectivity index (χ3v) is 6.51. The molecule has 0 saturated carbocycles. The van der Waals surface area contributed by atoms with Gasteiger partial charge in [0.25, 0.3) is 0 Å². The molecule has 0 unspecified atom stereocenters. The first-order chi connectivity index (χ1) is 12.3. The van der Waals surface area contributed by atoms with Crippen LogP contribution in [0.3, 0.4) is 0 Å². The summed E-state index contributed by atoms with van der Waals surface area (Å²) in [6, 6.07) is 20.3. The molecule has 0 radical (unpaired) electrons. The van der Waals surface area contributed by atoms with E-state index in [1.54, 1.807) is 0 Å². The first-order valence-corrected chi connectivity index (χ1v) is 12.7. The molecule has 0 aliphatic heterocycles. The Morgan fingerprint density at radius 1 is 0.846 bits per heavy atom. The number of pyridine rings is 1. The van der Waals surface area contributed by atoms with Gasteiger partial charge in [-0.05, 0) is 47.0 Å². The highest BCUT2D eigenvalue weighted by atomic mass is 28.3. The van der Waals surface area contributed by atoms with E-state index in [0.29, 0.717) is 5.92 Å². The molecule has 3 aromatic rings. The Kier molecular flexibility index (Phi) is 5.28. The van der Waals surface area contributed by atoms with E-state index in [2.05, 4.69) is 57.9 Å². The smallest absolute Gasteiger partial charge is 0.128 e. The molecule has 0 fully saturated rings. The lowest BCUT2D eigenvalue weighted by Gasteiger charge is -2.23. The monoisotopic (exact) mass is 361 g/mol. The molecule has 3 rings (SSSR count). The second-order valence-electron chi connectivity index (χ2n) is 8.00. The van der Waals surface area contributed by atoms with Gasteiger partial charge in [0.15, 0.2) is 0 Å². The standard InChI is InChI=1S/C23H27NOSi/c1-17(2)21-15-22(24-16-23(21)26(3,4)5)18-10-9-13-20(14-18)25-19-11-7-6-8-12-19/h6-17H,1-5H3. The van der Waals surface area contributed by atoms with Crippen LogP contribution in [0.5, 0.6) is 11.5 Å². The van der Waals surface area contributed by atoms with Crippen LogP contribution >= 0.6 is 0 Å². The third-order valence-electron chi connectivity index (χ3n) is 4.47. The van der Waals surface area contributed by atoms with Crippen LogP contribution in [0.25, 0.3) is 11.3 Å². The van der Waals surface area contributed by atoms with Crippen molar-refractivity contribution in [2.24, 2.45) is 0 Å². The SMILES string of the molecule is CC(C)c1cc(-c2cccc(Oc3ccccc3)c2)ncc1[Si](C)(C)C. The Bertz CT molecular complexity index is 882. The summed E-state index contributed by atoms with van der Waals surface area (Å²) in [4.78, 5) is 4.79. The molecular formula is C23H27NOSi. The normalized spacial score (nSPS) is 11.6. The maximum atomic E-state index is 5.98. The number of hydrogen-bond donors (Lipinski definition) is 0. The number of nitrogens with zero attached hydrogens (tertiary/aromatic N) is 1. The molecule has 0 aliphatic rings. The van der Waals surface area contributed by atoms with Crippen LogP contribution in [0.4, 0.5) is 0 Å². The Labute approximate surface area is 157 Å². The van der Waals surface area contributed by atoms with Crippen molar-refractivity contribution in [3.63, 3.8) is 0 Å². The zero-order chi connectivity index (χ0) is 18.7. The van der Waals surface area contributed by atoms with Gasteiger partial charge in [0.2, 0.25) is 0 Å². The van der Waals surface area contributed by atoms with Crippen LogP contribution < -0.4 is 9.92 Å². The molecule has 1 heterocycles. The van der Waals surface area contributed by atoms with E-state index in [1.807, 2.05) is 42.5 Å². The summed E-state index contributed by atoms with van der Waals surface area (Å²) in [5.41, 5.74) is 3.51. The van der Waals surface area contributed by atoms with E-state index in [1.165, 1.54) is 10.8 Å². The Hall–Kier alpha value is -2.39. The van der Waals surface area contributed by atoms with Gasteiger partial charge in [-0.2, -0.15) is 0 Å². The number of para-hydroxylation sites is 1. The van der Waals surface area contributed by atoms with Crippen molar-refractivity contribution in [2.45, 2.75) is 39.4 Å². The van der Waals surface area contributed by atoms with Crippen molar-refractivity contribution in [2.75, 3.05) is 0 Å². The minimum atomic E-state index is -1.41. The molecule has 0 bridgehead atoms. The van der Waals surface area contributed by atoms with Gasteiger partial charge < -0.3 is 4.74 Å². The van der Waals surface area contributed by atoms with E-state index < -0.39 is 8.07 Å². The molecule has 3 heteroatoms. The number of aromatic nitrogens is 1. The fourth-order valence-corrected chi connectivity index (χ4v) is 4.76. The quantitative estimate of drug-likeness (QED) is 0.504. The lowest BCUT2D eigenvalue weighted by molar-refractivity contribution is 0.483. The number of rotatable bonds is 5. The highest BCUT2D eigenvalue weighted by Gasteiger charge is 2.22. The first-order valence-electron chi connectivity index (χ1n) is 9.18. The van der Waals surface area contributed by atoms with Crippen molar-refractivity contribution >= 4 is 13.3 Å². The van der Waals surface area contributed by atoms with Crippen molar-refractivity contribution in [3.05, 3.63) is 72.4 Å². The molecule has 134 valence electrons. The highest BCUT2D eigenvalue weighted by molar-refractivity contribution is 6.89. The largest absolute Gasteiger partial charge is 0.457 e. The predicted molar refractivity (Wildman–Crippen MR) is 113 cm³/mol. The van der Waals surface area contributed by atoms with Gasteiger partial charge in [-0.3, -0.25) is 4.98 Å². The Morgan fingerprint density at radius 2 is 1.54 bits per heavy atom. The van der Waals surface area contributed by atoms with Gasteiger partial charge in [0.1, 0.15) is 11.5 Å². The summed E-state index contributed by atoms with van der Waals surface area (Å²) in [6.45, 7) is 11.7.